The zero-order chi connectivity index (χ0) is 17.6. The van der Waals surface area contributed by atoms with Crippen molar-refractivity contribution in [1.82, 2.24) is 4.90 Å². The highest BCUT2D eigenvalue weighted by Crippen LogP contribution is 2.47. The fraction of sp³-hybridized carbons (Fsp3) is 0.632. The highest BCUT2D eigenvalue weighted by atomic mass is 35.5. The lowest BCUT2D eigenvalue weighted by Gasteiger charge is -2.38. The third-order valence-electron chi connectivity index (χ3n) is 6.08. The van der Waals surface area contributed by atoms with Crippen LogP contribution >= 0.6 is 11.6 Å². The van der Waals surface area contributed by atoms with Crippen molar-refractivity contribution in [1.29, 1.82) is 0 Å². The maximum absolute atomic E-state index is 13.0. The summed E-state index contributed by atoms with van der Waals surface area (Å²) in [5, 5.41) is 3.47. The van der Waals surface area contributed by atoms with Gasteiger partial charge in [0.1, 0.15) is 11.5 Å². The molecule has 4 bridgehead atoms. The Balaban J connectivity index is 1.55. The van der Waals surface area contributed by atoms with Crippen LogP contribution in [0.3, 0.4) is 0 Å². The summed E-state index contributed by atoms with van der Waals surface area (Å²) in [7, 11) is 3.13. The molecule has 1 aromatic rings. The first-order valence-electron chi connectivity index (χ1n) is 9.06. The van der Waals surface area contributed by atoms with Crippen LogP contribution in [0.15, 0.2) is 12.1 Å². The second kappa shape index (κ2) is 6.60. The van der Waals surface area contributed by atoms with E-state index in [0.717, 1.165) is 31.2 Å². The molecule has 2 heterocycles. The molecule has 2 atom stereocenters. The Hall–Kier alpha value is -1.62. The first kappa shape index (κ1) is 16.8. The number of carbonyl (C=O) groups excluding carboxylic acids is 1. The van der Waals surface area contributed by atoms with Crippen LogP contribution < -0.4 is 14.8 Å². The maximum atomic E-state index is 13.0. The predicted molar refractivity (Wildman–Crippen MR) is 97.6 cm³/mol. The van der Waals surface area contributed by atoms with Gasteiger partial charge in [-0.15, -0.1) is 0 Å². The SMILES string of the molecule is COc1cc(OC)c(NC(=O)N2CC3CC4CC(C3)CC2C4)cc1Cl. The van der Waals surface area contributed by atoms with Crippen LogP contribution in [0.25, 0.3) is 0 Å². The number of halogens is 1. The van der Waals surface area contributed by atoms with E-state index in [4.69, 9.17) is 21.1 Å². The van der Waals surface area contributed by atoms with Crippen LogP contribution in [0.1, 0.15) is 32.1 Å². The Labute approximate surface area is 153 Å². The number of anilines is 1. The van der Waals surface area contributed by atoms with Crippen molar-refractivity contribution in [2.75, 3.05) is 26.1 Å². The third kappa shape index (κ3) is 3.14. The van der Waals surface area contributed by atoms with Gasteiger partial charge in [0.05, 0.1) is 24.9 Å². The van der Waals surface area contributed by atoms with Gasteiger partial charge in [-0.2, -0.15) is 0 Å². The monoisotopic (exact) mass is 364 g/mol. The van der Waals surface area contributed by atoms with Crippen molar-refractivity contribution in [3.8, 4) is 11.5 Å². The molecule has 1 aromatic carbocycles. The van der Waals surface area contributed by atoms with E-state index in [0.29, 0.717) is 34.2 Å². The fourth-order valence-electron chi connectivity index (χ4n) is 5.18. The van der Waals surface area contributed by atoms with Gasteiger partial charge >= 0.3 is 6.03 Å². The summed E-state index contributed by atoms with van der Waals surface area (Å²) in [4.78, 5) is 15.1. The van der Waals surface area contributed by atoms with Gasteiger partial charge in [0, 0.05) is 18.7 Å². The van der Waals surface area contributed by atoms with Crippen LogP contribution in [0.2, 0.25) is 5.02 Å². The molecule has 2 amide bonds. The first-order valence-corrected chi connectivity index (χ1v) is 9.44. The van der Waals surface area contributed by atoms with E-state index in [1.165, 1.54) is 19.3 Å². The molecular weight excluding hydrogens is 340 g/mol. The maximum Gasteiger partial charge on any atom is 0.322 e. The number of fused-ring (bicyclic) bond motifs is 1. The van der Waals surface area contributed by atoms with Crippen molar-refractivity contribution in [2.24, 2.45) is 17.8 Å². The van der Waals surface area contributed by atoms with E-state index in [1.807, 2.05) is 0 Å². The number of benzene rings is 1. The van der Waals surface area contributed by atoms with Gasteiger partial charge in [0.15, 0.2) is 0 Å². The third-order valence-corrected chi connectivity index (χ3v) is 6.38. The summed E-state index contributed by atoms with van der Waals surface area (Å²) in [6.45, 7) is 0.871. The minimum Gasteiger partial charge on any atom is -0.495 e. The van der Waals surface area contributed by atoms with Gasteiger partial charge in [-0.25, -0.2) is 4.79 Å². The molecule has 6 heteroatoms. The largest absolute Gasteiger partial charge is 0.495 e. The van der Waals surface area contributed by atoms with Crippen LogP contribution in [0.5, 0.6) is 11.5 Å². The number of rotatable bonds is 3. The number of amides is 2. The highest BCUT2D eigenvalue weighted by molar-refractivity contribution is 6.32. The summed E-state index contributed by atoms with van der Waals surface area (Å²) in [6, 6.07) is 3.72. The first-order chi connectivity index (χ1) is 12.1. The van der Waals surface area contributed by atoms with Crippen LogP contribution in [0, 0.1) is 17.8 Å². The lowest BCUT2D eigenvalue weighted by atomic mass is 9.68. The van der Waals surface area contributed by atoms with Gasteiger partial charge in [-0.1, -0.05) is 11.6 Å². The summed E-state index contributed by atoms with van der Waals surface area (Å²) < 4.78 is 10.6. The minimum atomic E-state index is -0.0438. The number of ether oxygens (including phenoxy) is 2. The Morgan fingerprint density at radius 3 is 2.32 bits per heavy atom. The molecule has 0 spiro atoms. The molecule has 2 aliphatic heterocycles. The van der Waals surface area contributed by atoms with Crippen LogP contribution in [0.4, 0.5) is 10.5 Å². The molecule has 2 saturated carbocycles. The molecule has 5 nitrogen and oxygen atoms in total. The second-order valence-electron chi connectivity index (χ2n) is 7.70. The van der Waals surface area contributed by atoms with Gasteiger partial charge in [0.2, 0.25) is 0 Å². The molecule has 4 fully saturated rings. The van der Waals surface area contributed by atoms with Crippen molar-refractivity contribution in [2.45, 2.75) is 38.1 Å². The molecule has 25 heavy (non-hydrogen) atoms. The summed E-state index contributed by atoms with van der Waals surface area (Å²) in [5.74, 6) is 3.36. The number of urea groups is 1. The lowest BCUT2D eigenvalue weighted by molar-refractivity contribution is 0.136. The molecule has 2 saturated heterocycles. The lowest BCUT2D eigenvalue weighted by Crippen LogP contribution is -2.44. The summed E-state index contributed by atoms with van der Waals surface area (Å²) >= 11 is 6.22. The molecule has 4 aliphatic rings. The molecule has 2 unspecified atom stereocenters. The topological polar surface area (TPSA) is 50.8 Å². The van der Waals surface area contributed by atoms with Crippen molar-refractivity contribution in [3.63, 3.8) is 0 Å². The zero-order valence-electron chi connectivity index (χ0n) is 14.8. The number of methoxy groups -OCH3 is 2. The van der Waals surface area contributed by atoms with E-state index >= 15 is 0 Å². The quantitative estimate of drug-likeness (QED) is 0.864. The summed E-state index contributed by atoms with van der Waals surface area (Å²) in [5.41, 5.74) is 0.585. The van der Waals surface area contributed by atoms with Crippen molar-refractivity contribution >= 4 is 23.3 Å². The van der Waals surface area contributed by atoms with Gasteiger partial charge in [-0.3, -0.25) is 0 Å². The molecule has 2 aliphatic carbocycles. The molecule has 136 valence electrons. The highest BCUT2D eigenvalue weighted by Gasteiger charge is 2.44. The number of hydrogen-bond acceptors (Lipinski definition) is 3. The number of nitrogens with one attached hydrogen (secondary N) is 1. The van der Waals surface area contributed by atoms with Crippen molar-refractivity contribution in [3.05, 3.63) is 17.2 Å². The second-order valence-corrected chi connectivity index (χ2v) is 8.11. The molecule has 0 radical (unpaired) electrons. The number of hydrogen-bond donors (Lipinski definition) is 1. The van der Waals surface area contributed by atoms with Gasteiger partial charge < -0.3 is 19.7 Å². The smallest absolute Gasteiger partial charge is 0.322 e. The average molecular weight is 365 g/mol. The van der Waals surface area contributed by atoms with E-state index in [-0.39, 0.29) is 6.03 Å². The Morgan fingerprint density at radius 1 is 1.04 bits per heavy atom. The zero-order valence-corrected chi connectivity index (χ0v) is 15.5. The van der Waals surface area contributed by atoms with E-state index in [1.54, 1.807) is 26.4 Å². The molecular formula is C19H25ClN2O3. The minimum absolute atomic E-state index is 0.0438. The average Bonchev–Trinajstić information content (AvgIpc) is 2.78. The van der Waals surface area contributed by atoms with E-state index in [9.17, 15) is 4.79 Å². The predicted octanol–water partition coefficient (Wildman–Crippen LogP) is 4.40. The Kier molecular flexibility index (Phi) is 4.44. The van der Waals surface area contributed by atoms with Gasteiger partial charge in [0.25, 0.3) is 0 Å². The Morgan fingerprint density at radius 2 is 1.68 bits per heavy atom. The van der Waals surface area contributed by atoms with E-state index in [2.05, 4.69) is 10.2 Å². The summed E-state index contributed by atoms with van der Waals surface area (Å²) in [6.07, 6.45) is 6.25. The molecule has 0 aromatic heterocycles. The number of carbonyl (C=O) groups is 1. The Bertz CT molecular complexity index is 667. The molecule has 5 rings (SSSR count). The van der Waals surface area contributed by atoms with E-state index < -0.39 is 0 Å². The van der Waals surface area contributed by atoms with Crippen LogP contribution in [-0.4, -0.2) is 37.7 Å². The van der Waals surface area contributed by atoms with Crippen LogP contribution in [-0.2, 0) is 0 Å². The molecule has 1 N–H and O–H groups in total. The fourth-order valence-corrected chi connectivity index (χ4v) is 5.42. The van der Waals surface area contributed by atoms with Gasteiger partial charge in [-0.05, 0) is 55.9 Å². The standard InChI is InChI=1S/C19H25ClN2O3/c1-24-17-9-18(25-2)16(8-15(17)20)21-19(23)22-10-13-4-11-3-12(5-13)7-14(22)6-11/h8-9,11-14H,3-7,10H2,1-2H3,(H,21,23). The van der Waals surface area contributed by atoms with Crippen molar-refractivity contribution < 1.29 is 14.3 Å². The normalized spacial score (nSPS) is 30.1. The number of nitrogens with zero attached hydrogens (tertiary/aromatic N) is 1.